The van der Waals surface area contributed by atoms with Crippen molar-refractivity contribution in [3.05, 3.63) is 32.4 Å². The summed E-state index contributed by atoms with van der Waals surface area (Å²) in [5.74, 6) is 0.955. The molecule has 4 nitrogen and oxygen atoms in total. The highest BCUT2D eigenvalue weighted by molar-refractivity contribution is 14.1. The van der Waals surface area contributed by atoms with E-state index in [2.05, 4.69) is 22.6 Å². The largest absolute Gasteiger partial charge is 0.320 e. The Morgan fingerprint density at radius 1 is 1.52 bits per heavy atom. The van der Waals surface area contributed by atoms with Gasteiger partial charge in [0, 0.05) is 32.4 Å². The van der Waals surface area contributed by atoms with Gasteiger partial charge in [-0.15, -0.1) is 0 Å². The van der Waals surface area contributed by atoms with E-state index in [-0.39, 0.29) is 11.7 Å². The van der Waals surface area contributed by atoms with Crippen LogP contribution in [0.3, 0.4) is 0 Å². The van der Waals surface area contributed by atoms with Gasteiger partial charge in [0.25, 0.3) is 5.91 Å². The molecule has 1 aromatic rings. The molecule has 1 aliphatic heterocycles. The van der Waals surface area contributed by atoms with Crippen molar-refractivity contribution in [2.45, 2.75) is 12.3 Å². The summed E-state index contributed by atoms with van der Waals surface area (Å²) in [7, 11) is -3.30. The fraction of sp³-hybridized carbons (Fsp3) is 0.462. The lowest BCUT2D eigenvalue weighted by atomic mass is 10.2. The number of carbonyl (C=O) groups excluding carboxylic acids is 1. The van der Waals surface area contributed by atoms with Gasteiger partial charge in [-0.05, 0) is 40.8 Å². The van der Waals surface area contributed by atoms with E-state index in [1.54, 1.807) is 36.9 Å². The number of rotatable bonds is 3. The third-order valence-corrected chi connectivity index (χ3v) is 7.79. The maximum absolute atomic E-state index is 12.7. The number of hydrogen-bond donors (Lipinski definition) is 0. The number of benzene rings is 1. The van der Waals surface area contributed by atoms with Crippen molar-refractivity contribution in [3.63, 3.8) is 0 Å². The zero-order valence-corrected chi connectivity index (χ0v) is 15.9. The standard InChI is InChI=1S/C13H15ClINO3S2/c1-2-21(18,19)12-8-20-6-5-16(12)13(17)10-7-9(14)3-4-11(10)15/h3-4,7,12H,2,5-6,8H2,1H3. The van der Waals surface area contributed by atoms with Gasteiger partial charge in [-0.25, -0.2) is 8.42 Å². The van der Waals surface area contributed by atoms with Gasteiger partial charge in [0.15, 0.2) is 9.84 Å². The topological polar surface area (TPSA) is 54.5 Å². The molecular formula is C13H15ClINO3S2. The second-order valence-electron chi connectivity index (χ2n) is 4.60. The van der Waals surface area contributed by atoms with Crippen LogP contribution < -0.4 is 0 Å². The Labute approximate surface area is 147 Å². The molecule has 116 valence electrons. The van der Waals surface area contributed by atoms with Gasteiger partial charge in [0.1, 0.15) is 5.37 Å². The molecule has 0 aliphatic carbocycles. The van der Waals surface area contributed by atoms with Crippen LogP contribution in [0.5, 0.6) is 0 Å². The molecular weight excluding hydrogens is 445 g/mol. The van der Waals surface area contributed by atoms with Crippen molar-refractivity contribution in [3.8, 4) is 0 Å². The van der Waals surface area contributed by atoms with Crippen molar-refractivity contribution >= 4 is 61.7 Å². The molecule has 8 heteroatoms. The summed E-state index contributed by atoms with van der Waals surface area (Å²) in [4.78, 5) is 14.2. The average Bonchev–Trinajstić information content (AvgIpc) is 2.49. The third-order valence-electron chi connectivity index (χ3n) is 3.32. The van der Waals surface area contributed by atoms with Gasteiger partial charge < -0.3 is 4.90 Å². The van der Waals surface area contributed by atoms with Crippen LogP contribution in [-0.2, 0) is 9.84 Å². The van der Waals surface area contributed by atoms with Crippen LogP contribution in [0.2, 0.25) is 5.02 Å². The highest BCUT2D eigenvalue weighted by atomic mass is 127. The Balaban J connectivity index is 2.37. The van der Waals surface area contributed by atoms with Gasteiger partial charge in [0.05, 0.1) is 5.56 Å². The van der Waals surface area contributed by atoms with Crippen molar-refractivity contribution in [1.82, 2.24) is 4.90 Å². The van der Waals surface area contributed by atoms with Gasteiger partial charge in [-0.2, -0.15) is 11.8 Å². The Bertz CT molecular complexity index is 651. The molecule has 1 unspecified atom stereocenters. The van der Waals surface area contributed by atoms with E-state index in [4.69, 9.17) is 11.6 Å². The van der Waals surface area contributed by atoms with Crippen molar-refractivity contribution in [1.29, 1.82) is 0 Å². The number of halogens is 2. The molecule has 1 aliphatic rings. The Hall–Kier alpha value is 0.01000. The second-order valence-corrected chi connectivity index (χ2v) is 9.80. The van der Waals surface area contributed by atoms with E-state index in [0.717, 1.165) is 9.32 Å². The monoisotopic (exact) mass is 459 g/mol. The molecule has 0 saturated carbocycles. The number of carbonyl (C=O) groups is 1. The first kappa shape index (κ1) is 17.4. The SMILES string of the molecule is CCS(=O)(=O)C1CSCCN1C(=O)c1cc(Cl)ccc1I. The molecule has 1 aromatic carbocycles. The first-order valence-electron chi connectivity index (χ1n) is 6.42. The first-order valence-corrected chi connectivity index (χ1v) is 10.7. The minimum Gasteiger partial charge on any atom is -0.320 e. The molecule has 21 heavy (non-hydrogen) atoms. The van der Waals surface area contributed by atoms with Crippen LogP contribution in [-0.4, -0.2) is 48.4 Å². The summed E-state index contributed by atoms with van der Waals surface area (Å²) in [6.07, 6.45) is 0. The summed E-state index contributed by atoms with van der Waals surface area (Å²) in [5, 5.41) is -0.274. The molecule has 0 N–H and O–H groups in total. The summed E-state index contributed by atoms with van der Waals surface area (Å²) in [6.45, 7) is 2.05. The zero-order valence-electron chi connectivity index (χ0n) is 11.4. The molecule has 1 fully saturated rings. The zero-order chi connectivity index (χ0) is 15.6. The molecule has 2 rings (SSSR count). The Kier molecular flexibility index (Phi) is 5.84. The molecule has 0 radical (unpaired) electrons. The number of thioether (sulfide) groups is 1. The number of sulfone groups is 1. The fourth-order valence-corrected chi connectivity index (χ4v) is 5.82. The Morgan fingerprint density at radius 3 is 2.90 bits per heavy atom. The number of amides is 1. The summed E-state index contributed by atoms with van der Waals surface area (Å²) < 4.78 is 25.2. The highest BCUT2D eigenvalue weighted by Crippen LogP contribution is 2.26. The smallest absolute Gasteiger partial charge is 0.256 e. The van der Waals surface area contributed by atoms with Gasteiger partial charge in [-0.1, -0.05) is 18.5 Å². The summed E-state index contributed by atoms with van der Waals surface area (Å²) in [6, 6.07) is 5.08. The van der Waals surface area contributed by atoms with E-state index in [0.29, 0.717) is 22.9 Å². The lowest BCUT2D eigenvalue weighted by Crippen LogP contribution is -2.50. The van der Waals surface area contributed by atoms with Crippen molar-refractivity contribution in [2.75, 3.05) is 23.8 Å². The van der Waals surface area contributed by atoms with E-state index in [9.17, 15) is 13.2 Å². The minimum absolute atomic E-state index is 0.0364. The van der Waals surface area contributed by atoms with E-state index in [1.807, 2.05) is 0 Å². The predicted octanol–water partition coefficient (Wildman–Crippen LogP) is 2.89. The van der Waals surface area contributed by atoms with Crippen molar-refractivity contribution < 1.29 is 13.2 Å². The summed E-state index contributed by atoms with van der Waals surface area (Å²) >= 11 is 9.59. The second kappa shape index (κ2) is 7.06. The van der Waals surface area contributed by atoms with Gasteiger partial charge in [-0.3, -0.25) is 4.79 Å². The lowest BCUT2D eigenvalue weighted by Gasteiger charge is -2.35. The summed E-state index contributed by atoms with van der Waals surface area (Å²) in [5.41, 5.74) is 0.464. The predicted molar refractivity (Wildman–Crippen MR) is 95.8 cm³/mol. The molecule has 0 bridgehead atoms. The number of nitrogens with zero attached hydrogens (tertiary/aromatic N) is 1. The lowest BCUT2D eigenvalue weighted by molar-refractivity contribution is 0.0748. The highest BCUT2D eigenvalue weighted by Gasteiger charge is 2.36. The maximum Gasteiger partial charge on any atom is 0.256 e. The van der Waals surface area contributed by atoms with Crippen LogP contribution in [0.1, 0.15) is 17.3 Å². The van der Waals surface area contributed by atoms with Crippen LogP contribution in [0.4, 0.5) is 0 Å². The molecule has 0 aromatic heterocycles. The van der Waals surface area contributed by atoms with Gasteiger partial charge >= 0.3 is 0 Å². The minimum atomic E-state index is -3.30. The van der Waals surface area contributed by atoms with E-state index >= 15 is 0 Å². The molecule has 1 atom stereocenters. The molecule has 1 heterocycles. The molecule has 1 saturated heterocycles. The van der Waals surface area contributed by atoms with Crippen LogP contribution in [0, 0.1) is 3.57 Å². The molecule has 0 spiro atoms. The first-order chi connectivity index (χ1) is 9.86. The van der Waals surface area contributed by atoms with Crippen LogP contribution in [0.15, 0.2) is 18.2 Å². The molecule has 1 amide bonds. The van der Waals surface area contributed by atoms with Gasteiger partial charge in [0.2, 0.25) is 0 Å². The van der Waals surface area contributed by atoms with Crippen molar-refractivity contribution in [2.24, 2.45) is 0 Å². The fourth-order valence-electron chi connectivity index (χ4n) is 2.12. The normalized spacial score (nSPS) is 19.6. The van der Waals surface area contributed by atoms with E-state index in [1.165, 1.54) is 4.90 Å². The Morgan fingerprint density at radius 2 is 2.24 bits per heavy atom. The average molecular weight is 460 g/mol. The van der Waals surface area contributed by atoms with Crippen LogP contribution in [0.25, 0.3) is 0 Å². The number of hydrogen-bond acceptors (Lipinski definition) is 4. The van der Waals surface area contributed by atoms with Crippen LogP contribution >= 0.6 is 46.0 Å². The third kappa shape index (κ3) is 3.86. The van der Waals surface area contributed by atoms with E-state index < -0.39 is 15.2 Å². The maximum atomic E-state index is 12.7. The quantitative estimate of drug-likeness (QED) is 0.652.